The summed E-state index contributed by atoms with van der Waals surface area (Å²) < 4.78 is 32.5. The lowest BCUT2D eigenvalue weighted by Gasteiger charge is -2.08. The minimum atomic E-state index is -3.81. The SMILES string of the molecule is O=S(=O)(Oc1ccc(Cn2ccnc2)cc1)c1ccc(I)cc1. The van der Waals surface area contributed by atoms with E-state index in [0.29, 0.717) is 6.54 Å². The first-order chi connectivity index (χ1) is 11.0. The Hall–Kier alpha value is -1.87. The van der Waals surface area contributed by atoms with E-state index < -0.39 is 10.1 Å². The van der Waals surface area contributed by atoms with Crippen molar-refractivity contribution >= 4 is 32.7 Å². The minimum absolute atomic E-state index is 0.139. The summed E-state index contributed by atoms with van der Waals surface area (Å²) in [5, 5.41) is 0. The van der Waals surface area contributed by atoms with Gasteiger partial charge in [-0.05, 0) is 64.6 Å². The standard InChI is InChI=1S/C16H13IN2O3S/c17-14-3-7-16(8-4-14)23(20,21)22-15-5-1-13(2-6-15)11-19-10-9-18-12-19/h1-10,12H,11H2. The third kappa shape index (κ3) is 4.11. The Kier molecular flexibility index (Phi) is 4.67. The average Bonchev–Trinajstić information content (AvgIpc) is 3.02. The Balaban J connectivity index is 1.73. The first-order valence-corrected chi connectivity index (χ1v) is 9.26. The first-order valence-electron chi connectivity index (χ1n) is 6.78. The highest BCUT2D eigenvalue weighted by Crippen LogP contribution is 2.20. The molecular formula is C16H13IN2O3S. The van der Waals surface area contributed by atoms with Crippen LogP contribution >= 0.6 is 22.6 Å². The van der Waals surface area contributed by atoms with Crippen LogP contribution in [-0.2, 0) is 16.7 Å². The van der Waals surface area contributed by atoms with Gasteiger partial charge in [-0.15, -0.1) is 0 Å². The van der Waals surface area contributed by atoms with E-state index >= 15 is 0 Å². The Labute approximate surface area is 148 Å². The second kappa shape index (κ2) is 6.71. The summed E-state index contributed by atoms with van der Waals surface area (Å²) in [5.74, 6) is 0.290. The summed E-state index contributed by atoms with van der Waals surface area (Å²) in [5.41, 5.74) is 1.03. The van der Waals surface area contributed by atoms with Crippen molar-refractivity contribution in [2.45, 2.75) is 11.4 Å². The van der Waals surface area contributed by atoms with Gasteiger partial charge in [-0.2, -0.15) is 8.42 Å². The molecule has 0 aliphatic carbocycles. The lowest BCUT2D eigenvalue weighted by Crippen LogP contribution is -2.09. The van der Waals surface area contributed by atoms with E-state index in [9.17, 15) is 8.42 Å². The van der Waals surface area contributed by atoms with Crippen LogP contribution in [0, 0.1) is 3.57 Å². The number of hydrogen-bond donors (Lipinski definition) is 0. The Bertz CT molecular complexity index is 874. The highest BCUT2D eigenvalue weighted by Gasteiger charge is 2.16. The summed E-state index contributed by atoms with van der Waals surface area (Å²) in [4.78, 5) is 4.12. The van der Waals surface area contributed by atoms with Crippen LogP contribution in [0.15, 0.2) is 72.1 Å². The summed E-state index contributed by atoms with van der Waals surface area (Å²) in [7, 11) is -3.81. The van der Waals surface area contributed by atoms with Gasteiger partial charge in [0.25, 0.3) is 0 Å². The molecule has 0 saturated heterocycles. The van der Waals surface area contributed by atoms with E-state index in [4.69, 9.17) is 4.18 Å². The fourth-order valence-electron chi connectivity index (χ4n) is 2.02. The van der Waals surface area contributed by atoms with Crippen LogP contribution < -0.4 is 4.18 Å². The maximum atomic E-state index is 12.2. The number of benzene rings is 2. The Morgan fingerprint density at radius 2 is 1.74 bits per heavy atom. The van der Waals surface area contributed by atoms with Crippen LogP contribution in [0.2, 0.25) is 0 Å². The largest absolute Gasteiger partial charge is 0.379 e. The van der Waals surface area contributed by atoms with Crippen molar-refractivity contribution < 1.29 is 12.6 Å². The molecule has 0 fully saturated rings. The van der Waals surface area contributed by atoms with Gasteiger partial charge in [0.2, 0.25) is 0 Å². The van der Waals surface area contributed by atoms with Gasteiger partial charge in [0.15, 0.2) is 0 Å². The molecule has 0 bridgehead atoms. The molecule has 0 aliphatic rings. The zero-order chi connectivity index (χ0) is 16.3. The molecule has 0 atom stereocenters. The topological polar surface area (TPSA) is 61.2 Å². The molecule has 2 aromatic carbocycles. The third-order valence-corrected chi connectivity index (χ3v) is 5.14. The van der Waals surface area contributed by atoms with Gasteiger partial charge in [0.1, 0.15) is 10.6 Å². The number of nitrogens with zero attached hydrogens (tertiary/aromatic N) is 2. The smallest absolute Gasteiger partial charge is 0.339 e. The zero-order valence-corrected chi connectivity index (χ0v) is 14.9. The maximum Gasteiger partial charge on any atom is 0.339 e. The van der Waals surface area contributed by atoms with Crippen LogP contribution in [0.4, 0.5) is 0 Å². The fourth-order valence-corrected chi connectivity index (χ4v) is 3.31. The highest BCUT2D eigenvalue weighted by atomic mass is 127. The van der Waals surface area contributed by atoms with Gasteiger partial charge in [-0.25, -0.2) is 4.98 Å². The molecule has 7 heteroatoms. The van der Waals surface area contributed by atoms with Crippen molar-refractivity contribution in [3.63, 3.8) is 0 Å². The van der Waals surface area contributed by atoms with Crippen molar-refractivity contribution in [3.05, 3.63) is 76.4 Å². The maximum absolute atomic E-state index is 12.2. The van der Waals surface area contributed by atoms with Crippen LogP contribution in [0.3, 0.4) is 0 Å². The summed E-state index contributed by atoms with van der Waals surface area (Å²) >= 11 is 2.12. The average molecular weight is 440 g/mol. The molecular weight excluding hydrogens is 427 g/mol. The molecule has 3 aromatic rings. The van der Waals surface area contributed by atoms with Crippen molar-refractivity contribution in [1.29, 1.82) is 0 Å². The molecule has 0 saturated carbocycles. The number of imidazole rings is 1. The van der Waals surface area contributed by atoms with Gasteiger partial charge >= 0.3 is 10.1 Å². The summed E-state index contributed by atoms with van der Waals surface area (Å²) in [6.07, 6.45) is 5.31. The van der Waals surface area contributed by atoms with Crippen molar-refractivity contribution in [3.8, 4) is 5.75 Å². The van der Waals surface area contributed by atoms with E-state index in [1.165, 1.54) is 12.1 Å². The monoisotopic (exact) mass is 440 g/mol. The second-order valence-corrected chi connectivity index (χ2v) is 7.66. The molecule has 1 heterocycles. The quantitative estimate of drug-likeness (QED) is 0.451. The summed E-state index contributed by atoms with van der Waals surface area (Å²) in [6, 6.07) is 13.5. The first kappa shape index (κ1) is 16.0. The van der Waals surface area contributed by atoms with Gasteiger partial charge in [0, 0.05) is 22.5 Å². The third-order valence-electron chi connectivity index (χ3n) is 3.16. The normalized spacial score (nSPS) is 11.3. The van der Waals surface area contributed by atoms with E-state index in [1.54, 1.807) is 36.8 Å². The number of hydrogen-bond acceptors (Lipinski definition) is 4. The predicted molar refractivity (Wildman–Crippen MR) is 94.7 cm³/mol. The van der Waals surface area contributed by atoms with Crippen LogP contribution in [-0.4, -0.2) is 18.0 Å². The molecule has 0 unspecified atom stereocenters. The molecule has 0 amide bonds. The van der Waals surface area contributed by atoms with E-state index in [1.807, 2.05) is 22.9 Å². The fraction of sp³-hybridized carbons (Fsp3) is 0.0625. The molecule has 0 radical (unpaired) electrons. The lowest BCUT2D eigenvalue weighted by atomic mass is 10.2. The van der Waals surface area contributed by atoms with E-state index in [2.05, 4.69) is 27.6 Å². The summed E-state index contributed by atoms with van der Waals surface area (Å²) in [6.45, 7) is 0.671. The molecule has 23 heavy (non-hydrogen) atoms. The molecule has 0 N–H and O–H groups in total. The second-order valence-electron chi connectivity index (χ2n) is 4.87. The molecule has 0 spiro atoms. The van der Waals surface area contributed by atoms with Gasteiger partial charge in [-0.1, -0.05) is 12.1 Å². The van der Waals surface area contributed by atoms with Crippen LogP contribution in [0.1, 0.15) is 5.56 Å². The van der Waals surface area contributed by atoms with Crippen molar-refractivity contribution in [1.82, 2.24) is 9.55 Å². The molecule has 1 aromatic heterocycles. The van der Waals surface area contributed by atoms with E-state index in [0.717, 1.165) is 9.13 Å². The Morgan fingerprint density at radius 3 is 2.35 bits per heavy atom. The van der Waals surface area contributed by atoms with Crippen molar-refractivity contribution in [2.24, 2.45) is 0 Å². The molecule has 3 rings (SSSR count). The predicted octanol–water partition coefficient (Wildman–Crippen LogP) is 3.30. The van der Waals surface area contributed by atoms with Crippen molar-refractivity contribution in [2.75, 3.05) is 0 Å². The van der Waals surface area contributed by atoms with Gasteiger partial charge in [0.05, 0.1) is 6.33 Å². The molecule has 118 valence electrons. The number of rotatable bonds is 5. The highest BCUT2D eigenvalue weighted by molar-refractivity contribution is 14.1. The lowest BCUT2D eigenvalue weighted by molar-refractivity contribution is 0.486. The zero-order valence-electron chi connectivity index (χ0n) is 12.0. The molecule has 5 nitrogen and oxygen atoms in total. The van der Waals surface area contributed by atoms with E-state index in [-0.39, 0.29) is 10.6 Å². The van der Waals surface area contributed by atoms with Gasteiger partial charge < -0.3 is 8.75 Å². The molecule has 0 aliphatic heterocycles. The van der Waals surface area contributed by atoms with Crippen LogP contribution in [0.25, 0.3) is 0 Å². The van der Waals surface area contributed by atoms with Crippen LogP contribution in [0.5, 0.6) is 5.75 Å². The number of aromatic nitrogens is 2. The van der Waals surface area contributed by atoms with Gasteiger partial charge in [-0.3, -0.25) is 0 Å². The Morgan fingerprint density at radius 1 is 1.04 bits per heavy atom. The number of halogens is 1. The minimum Gasteiger partial charge on any atom is -0.379 e.